The van der Waals surface area contributed by atoms with Crippen molar-refractivity contribution in [2.45, 2.75) is 109 Å². The van der Waals surface area contributed by atoms with Gasteiger partial charge in [0.1, 0.15) is 17.0 Å². The number of aliphatic imine (C=N–C) groups is 1. The van der Waals surface area contributed by atoms with Crippen molar-refractivity contribution in [1.82, 2.24) is 9.62 Å². The van der Waals surface area contributed by atoms with Crippen molar-refractivity contribution in [3.8, 4) is 0 Å². The quantitative estimate of drug-likeness (QED) is 0.514. The molecule has 0 bridgehead atoms. The molecule has 5 rings (SSSR count). The number of nitrogens with one attached hydrogen (secondary N) is 1. The molecule has 8 nitrogen and oxygen atoms in total. The fourth-order valence-corrected chi connectivity index (χ4v) is 8.41. The number of rotatable bonds is 5. The van der Waals surface area contributed by atoms with Gasteiger partial charge in [0.25, 0.3) is 5.91 Å². The van der Waals surface area contributed by atoms with E-state index >= 15 is 0 Å². The number of nitrogens with zero attached hydrogens (tertiary/aromatic N) is 3. The van der Waals surface area contributed by atoms with E-state index in [4.69, 9.17) is 9.73 Å². The average molecular weight is 571 g/mol. The minimum atomic E-state index is -1.10. The second-order valence-corrected chi connectivity index (χ2v) is 15.2. The SMILES string of the molecule is Cc1cc(N(C)C(=O)OC(C)(C)C)cc(C)c1C1CC1S(=O)N1CCC2(CC1)N=C(C1CCC(C)CC1)NC2=O. The summed E-state index contributed by atoms with van der Waals surface area (Å²) in [5.41, 5.74) is 3.01. The maximum absolute atomic E-state index is 13.6. The molecule has 2 saturated carbocycles. The number of amidine groups is 1. The molecule has 2 heterocycles. The molecule has 0 aromatic heterocycles. The number of ether oxygens (including phenoxy) is 1. The highest BCUT2D eigenvalue weighted by molar-refractivity contribution is 7.83. The first-order valence-corrected chi connectivity index (χ1v) is 16.1. The van der Waals surface area contributed by atoms with E-state index in [0.717, 1.165) is 47.8 Å². The number of amides is 2. The first-order chi connectivity index (χ1) is 18.8. The Morgan fingerprint density at radius 1 is 1.12 bits per heavy atom. The van der Waals surface area contributed by atoms with Gasteiger partial charge >= 0.3 is 6.09 Å². The molecule has 1 aromatic carbocycles. The smallest absolute Gasteiger partial charge is 0.414 e. The lowest BCUT2D eigenvalue weighted by molar-refractivity contribution is -0.124. The fourth-order valence-electron chi connectivity index (χ4n) is 6.70. The van der Waals surface area contributed by atoms with Crippen molar-refractivity contribution in [3.05, 3.63) is 28.8 Å². The van der Waals surface area contributed by atoms with Crippen molar-refractivity contribution in [3.63, 3.8) is 0 Å². The molecule has 1 N–H and O–H groups in total. The molecule has 4 aliphatic rings. The molecule has 3 fully saturated rings. The summed E-state index contributed by atoms with van der Waals surface area (Å²) in [6.45, 7) is 13.3. The summed E-state index contributed by atoms with van der Waals surface area (Å²) in [7, 11) is 0.626. The molecular formula is C31H46N4O4S. The van der Waals surface area contributed by atoms with Gasteiger partial charge < -0.3 is 10.1 Å². The van der Waals surface area contributed by atoms with Gasteiger partial charge in [-0.3, -0.25) is 14.7 Å². The minimum Gasteiger partial charge on any atom is -0.443 e. The summed E-state index contributed by atoms with van der Waals surface area (Å²) in [4.78, 5) is 32.2. The van der Waals surface area contributed by atoms with E-state index < -0.39 is 22.1 Å². The van der Waals surface area contributed by atoms with Gasteiger partial charge in [-0.15, -0.1) is 0 Å². The molecule has 2 aliphatic heterocycles. The van der Waals surface area contributed by atoms with E-state index in [2.05, 4.69) is 30.4 Å². The predicted octanol–water partition coefficient (Wildman–Crippen LogP) is 5.38. The molecule has 0 radical (unpaired) electrons. The van der Waals surface area contributed by atoms with Crippen molar-refractivity contribution in [1.29, 1.82) is 0 Å². The Labute approximate surface area is 241 Å². The van der Waals surface area contributed by atoms with Gasteiger partial charge in [0, 0.05) is 37.7 Å². The van der Waals surface area contributed by atoms with E-state index in [1.54, 1.807) is 11.9 Å². The normalized spacial score (nSPS) is 29.1. The molecule has 40 heavy (non-hydrogen) atoms. The van der Waals surface area contributed by atoms with Crippen LogP contribution in [0.15, 0.2) is 17.1 Å². The second kappa shape index (κ2) is 10.9. The standard InChI is InChI=1S/C31H46N4O4S/c1-19-8-10-22(11-9-19)27-32-28(36)31(33-27)12-14-35(15-13-31)40(38)25-18-24(25)26-20(2)16-23(17-21(26)3)34(7)29(37)39-30(4,5)6/h16-17,19,22,24-25H,8-15,18H2,1-7H3,(H,32,33,36). The zero-order chi connectivity index (χ0) is 29.0. The third kappa shape index (κ3) is 5.87. The summed E-state index contributed by atoms with van der Waals surface area (Å²) in [6, 6.07) is 4.05. The molecular weight excluding hydrogens is 524 g/mol. The monoisotopic (exact) mass is 570 g/mol. The van der Waals surface area contributed by atoms with Gasteiger partial charge in [0.2, 0.25) is 0 Å². The second-order valence-electron chi connectivity index (χ2n) is 13.6. The Kier molecular flexibility index (Phi) is 7.94. The van der Waals surface area contributed by atoms with Crippen LogP contribution in [0.1, 0.15) is 95.2 Å². The number of hydrogen-bond acceptors (Lipinski definition) is 5. The van der Waals surface area contributed by atoms with Gasteiger partial charge in [0.05, 0.1) is 16.2 Å². The first-order valence-electron chi connectivity index (χ1n) is 14.9. The van der Waals surface area contributed by atoms with Crippen LogP contribution in [0, 0.1) is 25.7 Å². The van der Waals surface area contributed by atoms with Crippen LogP contribution in [0.3, 0.4) is 0 Å². The van der Waals surface area contributed by atoms with E-state index in [1.165, 1.54) is 18.4 Å². The summed E-state index contributed by atoms with van der Waals surface area (Å²) in [6.07, 6.45) is 6.36. The van der Waals surface area contributed by atoms with Crippen LogP contribution in [0.4, 0.5) is 10.5 Å². The van der Waals surface area contributed by atoms with Crippen LogP contribution in [-0.4, -0.2) is 62.9 Å². The topological polar surface area (TPSA) is 91.3 Å². The number of benzene rings is 1. The molecule has 9 heteroatoms. The molecule has 2 amide bonds. The molecule has 3 atom stereocenters. The third-order valence-electron chi connectivity index (χ3n) is 9.20. The zero-order valence-corrected chi connectivity index (χ0v) is 26.0. The molecule has 2 aliphatic carbocycles. The highest BCUT2D eigenvalue weighted by Crippen LogP contribution is 2.49. The molecule has 1 spiro atoms. The Bertz CT molecular complexity index is 1200. The van der Waals surface area contributed by atoms with Crippen LogP contribution in [0.25, 0.3) is 0 Å². The van der Waals surface area contributed by atoms with Crippen LogP contribution in [0.5, 0.6) is 0 Å². The van der Waals surface area contributed by atoms with Gasteiger partial charge in [-0.2, -0.15) is 0 Å². The number of carbonyl (C=O) groups is 2. The number of anilines is 1. The van der Waals surface area contributed by atoms with Crippen LogP contribution < -0.4 is 10.2 Å². The van der Waals surface area contributed by atoms with E-state index in [1.807, 2.05) is 32.9 Å². The average Bonchev–Trinajstić information content (AvgIpc) is 3.60. The molecule has 1 aromatic rings. The van der Waals surface area contributed by atoms with Crippen molar-refractivity contribution < 1.29 is 18.5 Å². The largest absolute Gasteiger partial charge is 0.443 e. The Hall–Kier alpha value is -2.26. The first kappa shape index (κ1) is 29.2. The summed E-state index contributed by atoms with van der Waals surface area (Å²) in [5, 5.41) is 3.22. The Balaban J connectivity index is 1.20. The molecule has 220 valence electrons. The summed E-state index contributed by atoms with van der Waals surface area (Å²) < 4.78 is 21.2. The van der Waals surface area contributed by atoms with Crippen molar-refractivity contribution >= 4 is 34.5 Å². The summed E-state index contributed by atoms with van der Waals surface area (Å²) in [5.74, 6) is 2.32. The molecule has 1 saturated heterocycles. The minimum absolute atomic E-state index is 0.0403. The lowest BCUT2D eigenvalue weighted by atomic mass is 9.82. The third-order valence-corrected chi connectivity index (χ3v) is 11.1. The highest BCUT2D eigenvalue weighted by Gasteiger charge is 2.51. The Morgan fingerprint density at radius 3 is 2.30 bits per heavy atom. The summed E-state index contributed by atoms with van der Waals surface area (Å²) >= 11 is 0. The van der Waals surface area contributed by atoms with Crippen LogP contribution in [-0.2, 0) is 20.5 Å². The van der Waals surface area contributed by atoms with Crippen molar-refractivity contribution in [2.24, 2.45) is 16.8 Å². The van der Waals surface area contributed by atoms with Crippen molar-refractivity contribution in [2.75, 3.05) is 25.0 Å². The van der Waals surface area contributed by atoms with E-state index in [-0.39, 0.29) is 23.2 Å². The van der Waals surface area contributed by atoms with Crippen LogP contribution >= 0.6 is 0 Å². The molecule has 3 unspecified atom stereocenters. The number of aryl methyl sites for hydroxylation is 2. The van der Waals surface area contributed by atoms with Gasteiger partial charge in [-0.1, -0.05) is 19.8 Å². The van der Waals surface area contributed by atoms with Gasteiger partial charge in [-0.05, 0) is 101 Å². The fraction of sp³-hybridized carbons (Fsp3) is 0.710. The number of hydrogen-bond donors (Lipinski definition) is 1. The van der Waals surface area contributed by atoms with Crippen LogP contribution in [0.2, 0.25) is 0 Å². The number of piperidine rings is 1. The van der Waals surface area contributed by atoms with E-state index in [9.17, 15) is 13.8 Å². The maximum Gasteiger partial charge on any atom is 0.414 e. The zero-order valence-electron chi connectivity index (χ0n) is 25.2. The highest BCUT2D eigenvalue weighted by atomic mass is 32.2. The van der Waals surface area contributed by atoms with Gasteiger partial charge in [0.15, 0.2) is 0 Å². The predicted molar refractivity (Wildman–Crippen MR) is 160 cm³/mol. The lowest BCUT2D eigenvalue weighted by Crippen LogP contribution is -2.49. The Morgan fingerprint density at radius 2 is 1.73 bits per heavy atom. The lowest BCUT2D eigenvalue weighted by Gasteiger charge is -2.34. The van der Waals surface area contributed by atoms with Gasteiger partial charge in [-0.25, -0.2) is 13.3 Å². The maximum atomic E-state index is 13.6. The number of carbonyl (C=O) groups excluding carboxylic acids is 2. The van der Waals surface area contributed by atoms with E-state index in [0.29, 0.717) is 31.8 Å².